The van der Waals surface area contributed by atoms with E-state index in [9.17, 15) is 13.2 Å². The van der Waals surface area contributed by atoms with Gasteiger partial charge in [-0.3, -0.25) is 0 Å². The second-order valence-corrected chi connectivity index (χ2v) is 3.36. The van der Waals surface area contributed by atoms with Crippen LogP contribution in [0.1, 0.15) is 11.6 Å². The van der Waals surface area contributed by atoms with Gasteiger partial charge in [0.25, 0.3) is 6.43 Å². The zero-order valence-corrected chi connectivity index (χ0v) is 8.06. The average molecular weight is 254 g/mol. The fraction of sp³-hybridized carbons (Fsp3) is 0.250. The molecule has 0 radical (unpaired) electrons. The molecule has 1 atom stereocenters. The second-order valence-electron chi connectivity index (χ2n) is 2.50. The van der Waals surface area contributed by atoms with E-state index in [1.54, 1.807) is 0 Å². The third-order valence-electron chi connectivity index (χ3n) is 1.61. The quantitative estimate of drug-likeness (QED) is 0.862. The Balaban J connectivity index is 3.07. The van der Waals surface area contributed by atoms with Gasteiger partial charge >= 0.3 is 0 Å². The Labute approximate surface area is 81.9 Å². The summed E-state index contributed by atoms with van der Waals surface area (Å²) in [6.07, 6.45) is -2.76. The molecule has 0 aliphatic carbocycles. The summed E-state index contributed by atoms with van der Waals surface area (Å²) in [7, 11) is 0. The predicted octanol–water partition coefficient (Wildman–Crippen LogP) is 2.85. The summed E-state index contributed by atoms with van der Waals surface area (Å²) < 4.78 is 37.5. The summed E-state index contributed by atoms with van der Waals surface area (Å²) in [5, 5.41) is 0. The minimum absolute atomic E-state index is 0.140. The van der Waals surface area contributed by atoms with Gasteiger partial charge < -0.3 is 5.73 Å². The van der Waals surface area contributed by atoms with Gasteiger partial charge in [-0.25, -0.2) is 13.2 Å². The van der Waals surface area contributed by atoms with Crippen molar-refractivity contribution < 1.29 is 13.2 Å². The lowest BCUT2D eigenvalue weighted by atomic mass is 10.1. The Kier molecular flexibility index (Phi) is 3.33. The molecule has 0 spiro atoms. The molecule has 0 amide bonds. The first-order chi connectivity index (χ1) is 6.04. The molecule has 1 aromatic rings. The highest BCUT2D eigenvalue weighted by Crippen LogP contribution is 2.25. The van der Waals surface area contributed by atoms with Crippen LogP contribution in [0.2, 0.25) is 0 Å². The van der Waals surface area contributed by atoms with Crippen LogP contribution in [0.3, 0.4) is 0 Å². The second kappa shape index (κ2) is 4.11. The fourth-order valence-electron chi connectivity index (χ4n) is 0.914. The zero-order valence-electron chi connectivity index (χ0n) is 6.48. The van der Waals surface area contributed by atoms with Gasteiger partial charge in [0.1, 0.15) is 5.82 Å². The molecule has 5 heteroatoms. The molecule has 0 saturated carbocycles. The van der Waals surface area contributed by atoms with E-state index < -0.39 is 18.3 Å². The van der Waals surface area contributed by atoms with E-state index in [0.29, 0.717) is 0 Å². The highest BCUT2D eigenvalue weighted by atomic mass is 79.9. The Morgan fingerprint density at radius 1 is 1.31 bits per heavy atom. The number of benzene rings is 1. The summed E-state index contributed by atoms with van der Waals surface area (Å²) >= 11 is 2.89. The molecule has 13 heavy (non-hydrogen) atoms. The minimum atomic E-state index is -2.76. The molecular weight excluding hydrogens is 247 g/mol. The van der Waals surface area contributed by atoms with Crippen molar-refractivity contribution in [2.24, 2.45) is 5.73 Å². The van der Waals surface area contributed by atoms with Crippen molar-refractivity contribution in [1.29, 1.82) is 0 Å². The summed E-state index contributed by atoms with van der Waals surface area (Å²) in [6, 6.07) is 2.57. The van der Waals surface area contributed by atoms with Crippen LogP contribution in [-0.4, -0.2) is 6.43 Å². The molecule has 0 aliphatic heterocycles. The smallest absolute Gasteiger partial charge is 0.257 e. The van der Waals surface area contributed by atoms with Crippen LogP contribution in [0.5, 0.6) is 0 Å². The molecule has 0 bridgehead atoms. The monoisotopic (exact) mass is 253 g/mol. The molecule has 72 valence electrons. The number of nitrogens with two attached hydrogens (primary N) is 1. The van der Waals surface area contributed by atoms with Crippen molar-refractivity contribution in [2.45, 2.75) is 12.5 Å². The van der Waals surface area contributed by atoms with E-state index in [4.69, 9.17) is 5.73 Å². The number of rotatable bonds is 2. The SMILES string of the molecule is N[C@@H](c1cccc(Br)c1F)C(F)F. The van der Waals surface area contributed by atoms with Gasteiger partial charge in [0.05, 0.1) is 10.5 Å². The van der Waals surface area contributed by atoms with Crippen LogP contribution in [0.25, 0.3) is 0 Å². The lowest BCUT2D eigenvalue weighted by molar-refractivity contribution is 0.114. The van der Waals surface area contributed by atoms with Gasteiger partial charge in [-0.15, -0.1) is 0 Å². The third-order valence-corrected chi connectivity index (χ3v) is 2.22. The minimum Gasteiger partial charge on any atom is -0.319 e. The summed E-state index contributed by atoms with van der Waals surface area (Å²) in [6.45, 7) is 0. The molecule has 0 aromatic heterocycles. The van der Waals surface area contributed by atoms with Crippen LogP contribution in [0.4, 0.5) is 13.2 Å². The lowest BCUT2D eigenvalue weighted by Gasteiger charge is -2.11. The topological polar surface area (TPSA) is 26.0 Å². The molecule has 0 heterocycles. The molecule has 1 nitrogen and oxygen atoms in total. The molecular formula is C8H7BrF3N. The van der Waals surface area contributed by atoms with E-state index in [0.717, 1.165) is 0 Å². The van der Waals surface area contributed by atoms with Gasteiger partial charge in [-0.1, -0.05) is 12.1 Å². The first kappa shape index (κ1) is 10.5. The van der Waals surface area contributed by atoms with Crippen molar-refractivity contribution in [1.82, 2.24) is 0 Å². The van der Waals surface area contributed by atoms with Crippen LogP contribution in [-0.2, 0) is 0 Å². The number of halogens is 4. The fourth-order valence-corrected chi connectivity index (χ4v) is 1.30. The summed E-state index contributed by atoms with van der Waals surface area (Å²) in [5.74, 6) is -0.727. The van der Waals surface area contributed by atoms with Crippen molar-refractivity contribution >= 4 is 15.9 Å². The lowest BCUT2D eigenvalue weighted by Crippen LogP contribution is -2.20. The molecule has 0 unspecified atom stereocenters. The number of hydrogen-bond acceptors (Lipinski definition) is 1. The van der Waals surface area contributed by atoms with Gasteiger partial charge in [0.2, 0.25) is 0 Å². The van der Waals surface area contributed by atoms with Gasteiger partial charge in [0, 0.05) is 5.56 Å². The Bertz CT molecular complexity index is 303. The van der Waals surface area contributed by atoms with Crippen LogP contribution >= 0.6 is 15.9 Å². The zero-order chi connectivity index (χ0) is 10.0. The van der Waals surface area contributed by atoms with Crippen LogP contribution in [0.15, 0.2) is 22.7 Å². The van der Waals surface area contributed by atoms with Crippen molar-refractivity contribution in [3.8, 4) is 0 Å². The van der Waals surface area contributed by atoms with Crippen LogP contribution in [0, 0.1) is 5.82 Å². The highest BCUT2D eigenvalue weighted by molar-refractivity contribution is 9.10. The highest BCUT2D eigenvalue weighted by Gasteiger charge is 2.21. The first-order valence-corrected chi connectivity index (χ1v) is 4.31. The number of hydrogen-bond donors (Lipinski definition) is 1. The van der Waals surface area contributed by atoms with Crippen molar-refractivity contribution in [2.75, 3.05) is 0 Å². The van der Waals surface area contributed by atoms with Crippen LogP contribution < -0.4 is 5.73 Å². The maximum absolute atomic E-state index is 13.2. The third kappa shape index (κ3) is 2.22. The number of alkyl halides is 2. The van der Waals surface area contributed by atoms with Crippen molar-refractivity contribution in [3.63, 3.8) is 0 Å². The van der Waals surface area contributed by atoms with E-state index in [-0.39, 0.29) is 10.0 Å². The largest absolute Gasteiger partial charge is 0.319 e. The maximum Gasteiger partial charge on any atom is 0.257 e. The Morgan fingerprint density at radius 2 is 1.92 bits per heavy atom. The normalized spacial score (nSPS) is 13.4. The van der Waals surface area contributed by atoms with Gasteiger partial charge in [-0.2, -0.15) is 0 Å². The first-order valence-electron chi connectivity index (χ1n) is 3.51. The molecule has 0 saturated heterocycles. The van der Waals surface area contributed by atoms with E-state index in [1.165, 1.54) is 18.2 Å². The Hall–Kier alpha value is -0.550. The summed E-state index contributed by atoms with van der Waals surface area (Å²) in [5.41, 5.74) is 4.92. The van der Waals surface area contributed by atoms with Crippen molar-refractivity contribution in [3.05, 3.63) is 34.1 Å². The predicted molar refractivity (Wildman–Crippen MR) is 47.0 cm³/mol. The van der Waals surface area contributed by atoms with E-state index >= 15 is 0 Å². The van der Waals surface area contributed by atoms with E-state index in [2.05, 4.69) is 15.9 Å². The van der Waals surface area contributed by atoms with Gasteiger partial charge in [-0.05, 0) is 22.0 Å². The maximum atomic E-state index is 13.2. The average Bonchev–Trinajstić information content (AvgIpc) is 2.08. The Morgan fingerprint density at radius 3 is 2.46 bits per heavy atom. The summed E-state index contributed by atoms with van der Waals surface area (Å²) in [4.78, 5) is 0. The standard InChI is InChI=1S/C8H7BrF3N/c9-5-3-1-2-4(6(5)10)7(13)8(11)12/h1-3,7-8H,13H2/t7-/m0/s1. The molecule has 0 fully saturated rings. The molecule has 2 N–H and O–H groups in total. The molecule has 0 aliphatic rings. The molecule has 1 rings (SSSR count). The molecule has 1 aromatic carbocycles. The van der Waals surface area contributed by atoms with E-state index in [1.807, 2.05) is 0 Å². The van der Waals surface area contributed by atoms with Gasteiger partial charge in [0.15, 0.2) is 0 Å².